The molecule has 5 heteroatoms. The van der Waals surface area contributed by atoms with Crippen molar-refractivity contribution < 1.29 is 4.79 Å². The van der Waals surface area contributed by atoms with Crippen LogP contribution in [0.1, 0.15) is 5.69 Å². The maximum absolute atomic E-state index is 11.1. The molecule has 0 atom stereocenters. The lowest BCUT2D eigenvalue weighted by atomic mass is 10.4. The van der Waals surface area contributed by atoms with Crippen LogP contribution < -0.4 is 0 Å². The number of nitrogens with zero attached hydrogens (tertiary/aromatic N) is 2. The zero-order valence-electron chi connectivity index (χ0n) is 6.75. The molecule has 0 saturated carbocycles. The lowest BCUT2D eigenvalue weighted by Crippen LogP contribution is -2.27. The van der Waals surface area contributed by atoms with Crippen LogP contribution in [-0.4, -0.2) is 32.5 Å². The van der Waals surface area contributed by atoms with E-state index in [0.717, 1.165) is 5.69 Å². The van der Waals surface area contributed by atoms with Crippen LogP contribution in [0.25, 0.3) is 0 Å². The van der Waals surface area contributed by atoms with Crippen LogP contribution >= 0.6 is 22.6 Å². The van der Waals surface area contributed by atoms with Crippen LogP contribution in [0.15, 0.2) is 12.3 Å². The Labute approximate surface area is 84.5 Å². The van der Waals surface area contributed by atoms with Gasteiger partial charge in [-0.15, -0.1) is 0 Å². The second-order valence-electron chi connectivity index (χ2n) is 2.45. The van der Waals surface area contributed by atoms with E-state index >= 15 is 0 Å². The van der Waals surface area contributed by atoms with Gasteiger partial charge in [-0.2, -0.15) is 5.10 Å². The molecule has 0 radical (unpaired) electrons. The van der Waals surface area contributed by atoms with Gasteiger partial charge in [0.1, 0.15) is 0 Å². The van der Waals surface area contributed by atoms with E-state index in [-0.39, 0.29) is 5.91 Å². The van der Waals surface area contributed by atoms with Gasteiger partial charge in [0.05, 0.1) is 16.7 Å². The SMILES string of the molecule is CN(Cc1cc[nH]n1)C(=O)CI. The van der Waals surface area contributed by atoms with E-state index < -0.39 is 0 Å². The summed E-state index contributed by atoms with van der Waals surface area (Å²) in [5.41, 5.74) is 0.885. The highest BCUT2D eigenvalue weighted by molar-refractivity contribution is 14.1. The first-order valence-electron chi connectivity index (χ1n) is 3.52. The molecule has 0 unspecified atom stereocenters. The maximum Gasteiger partial charge on any atom is 0.232 e. The Balaban J connectivity index is 2.47. The van der Waals surface area contributed by atoms with Crippen molar-refractivity contribution in [1.82, 2.24) is 15.1 Å². The minimum Gasteiger partial charge on any atom is -0.339 e. The van der Waals surface area contributed by atoms with Gasteiger partial charge in [0.15, 0.2) is 0 Å². The Morgan fingerprint density at radius 1 is 1.83 bits per heavy atom. The van der Waals surface area contributed by atoms with Crippen LogP contribution in [0.3, 0.4) is 0 Å². The second kappa shape index (κ2) is 4.44. The molecule has 0 aliphatic carbocycles. The molecule has 1 heterocycles. The van der Waals surface area contributed by atoms with Gasteiger partial charge >= 0.3 is 0 Å². The summed E-state index contributed by atoms with van der Waals surface area (Å²) in [7, 11) is 1.77. The Morgan fingerprint density at radius 3 is 3.08 bits per heavy atom. The first kappa shape index (κ1) is 9.50. The third-order valence-corrected chi connectivity index (χ3v) is 2.15. The minimum atomic E-state index is 0.124. The second-order valence-corrected chi connectivity index (χ2v) is 3.21. The van der Waals surface area contributed by atoms with Crippen molar-refractivity contribution in [2.75, 3.05) is 11.5 Å². The van der Waals surface area contributed by atoms with Crippen molar-refractivity contribution in [3.63, 3.8) is 0 Å². The van der Waals surface area contributed by atoms with Gasteiger partial charge < -0.3 is 4.90 Å². The van der Waals surface area contributed by atoms with Crippen LogP contribution in [0.5, 0.6) is 0 Å². The summed E-state index contributed by atoms with van der Waals surface area (Å²) >= 11 is 2.05. The normalized spacial score (nSPS) is 9.83. The third-order valence-electron chi connectivity index (χ3n) is 1.50. The molecule has 1 amide bonds. The molecular formula is C7H10IN3O. The largest absolute Gasteiger partial charge is 0.339 e. The summed E-state index contributed by atoms with van der Waals surface area (Å²) in [6, 6.07) is 1.86. The van der Waals surface area contributed by atoms with Gasteiger partial charge in [-0.25, -0.2) is 0 Å². The number of H-pyrrole nitrogens is 1. The Hall–Kier alpha value is -0.590. The first-order valence-corrected chi connectivity index (χ1v) is 5.05. The fraction of sp³-hybridized carbons (Fsp3) is 0.429. The average molecular weight is 279 g/mol. The number of hydrogen-bond acceptors (Lipinski definition) is 2. The number of carbonyl (C=O) groups is 1. The van der Waals surface area contributed by atoms with Gasteiger partial charge in [-0.05, 0) is 6.07 Å². The Kier molecular flexibility index (Phi) is 3.51. The zero-order chi connectivity index (χ0) is 8.97. The van der Waals surface area contributed by atoms with Gasteiger partial charge in [0.25, 0.3) is 0 Å². The number of alkyl halides is 1. The number of halogens is 1. The summed E-state index contributed by atoms with van der Waals surface area (Å²) < 4.78 is 0.513. The molecule has 0 aliphatic heterocycles. The molecule has 1 aromatic rings. The van der Waals surface area contributed by atoms with E-state index in [0.29, 0.717) is 11.0 Å². The molecule has 0 bridgehead atoms. The van der Waals surface area contributed by atoms with E-state index in [2.05, 4.69) is 32.8 Å². The van der Waals surface area contributed by atoms with Crippen molar-refractivity contribution in [3.05, 3.63) is 18.0 Å². The van der Waals surface area contributed by atoms with E-state index in [9.17, 15) is 4.79 Å². The number of carbonyl (C=O) groups excluding carboxylic acids is 1. The van der Waals surface area contributed by atoms with Crippen LogP contribution in [0.4, 0.5) is 0 Å². The van der Waals surface area contributed by atoms with Crippen molar-refractivity contribution in [2.45, 2.75) is 6.54 Å². The highest BCUT2D eigenvalue weighted by atomic mass is 127. The van der Waals surface area contributed by atoms with Crippen molar-refractivity contribution in [1.29, 1.82) is 0 Å². The molecule has 1 N–H and O–H groups in total. The van der Waals surface area contributed by atoms with Crippen molar-refractivity contribution in [2.24, 2.45) is 0 Å². The van der Waals surface area contributed by atoms with E-state index in [1.165, 1.54) is 0 Å². The van der Waals surface area contributed by atoms with E-state index in [4.69, 9.17) is 0 Å². The minimum absolute atomic E-state index is 0.124. The van der Waals surface area contributed by atoms with E-state index in [1.54, 1.807) is 18.1 Å². The molecule has 1 rings (SSSR count). The predicted octanol–water partition coefficient (Wildman–Crippen LogP) is 0.803. The van der Waals surface area contributed by atoms with Crippen LogP contribution in [0, 0.1) is 0 Å². The number of aromatic amines is 1. The molecule has 66 valence electrons. The van der Waals surface area contributed by atoms with Gasteiger partial charge in [-0.1, -0.05) is 22.6 Å². The first-order chi connectivity index (χ1) is 5.74. The number of aromatic nitrogens is 2. The zero-order valence-corrected chi connectivity index (χ0v) is 8.91. The monoisotopic (exact) mass is 279 g/mol. The summed E-state index contributed by atoms with van der Waals surface area (Å²) in [4.78, 5) is 12.8. The summed E-state index contributed by atoms with van der Waals surface area (Å²) in [6.07, 6.45) is 1.75. The Bertz CT molecular complexity index is 247. The van der Waals surface area contributed by atoms with Crippen molar-refractivity contribution in [3.8, 4) is 0 Å². The molecule has 0 aromatic carbocycles. The molecule has 1 aromatic heterocycles. The van der Waals surface area contributed by atoms with E-state index in [1.807, 2.05) is 6.07 Å². The molecular weight excluding hydrogens is 269 g/mol. The Morgan fingerprint density at radius 2 is 2.58 bits per heavy atom. The highest BCUT2D eigenvalue weighted by Gasteiger charge is 2.07. The summed E-state index contributed by atoms with van der Waals surface area (Å²) in [5.74, 6) is 0.124. The smallest absolute Gasteiger partial charge is 0.232 e. The lowest BCUT2D eigenvalue weighted by molar-refractivity contribution is -0.127. The molecule has 0 aliphatic rings. The van der Waals surface area contributed by atoms with Gasteiger partial charge in [0.2, 0.25) is 5.91 Å². The van der Waals surface area contributed by atoms with Gasteiger partial charge in [0, 0.05) is 13.2 Å². The summed E-state index contributed by atoms with van der Waals surface area (Å²) in [5, 5.41) is 6.65. The van der Waals surface area contributed by atoms with Crippen LogP contribution in [-0.2, 0) is 11.3 Å². The molecule has 12 heavy (non-hydrogen) atoms. The molecule has 0 fully saturated rings. The summed E-state index contributed by atoms with van der Waals surface area (Å²) in [6.45, 7) is 0.575. The number of hydrogen-bond donors (Lipinski definition) is 1. The standard InChI is InChI=1S/C7H10IN3O/c1-11(7(12)4-8)5-6-2-3-9-10-6/h2-3H,4-5H2,1H3,(H,9,10). The number of nitrogens with one attached hydrogen (secondary N) is 1. The van der Waals surface area contributed by atoms with Gasteiger partial charge in [-0.3, -0.25) is 9.89 Å². The molecule has 0 saturated heterocycles. The van der Waals surface area contributed by atoms with Crippen LogP contribution in [0.2, 0.25) is 0 Å². The highest BCUT2D eigenvalue weighted by Crippen LogP contribution is 1.99. The predicted molar refractivity (Wildman–Crippen MR) is 53.9 cm³/mol. The number of rotatable bonds is 3. The fourth-order valence-corrected chi connectivity index (χ4v) is 1.39. The maximum atomic E-state index is 11.1. The quantitative estimate of drug-likeness (QED) is 0.657. The topological polar surface area (TPSA) is 49.0 Å². The average Bonchev–Trinajstić information content (AvgIpc) is 2.55. The third kappa shape index (κ3) is 2.47. The fourth-order valence-electron chi connectivity index (χ4n) is 0.812. The lowest BCUT2D eigenvalue weighted by Gasteiger charge is -2.13. The van der Waals surface area contributed by atoms with Crippen molar-refractivity contribution >= 4 is 28.5 Å². The molecule has 4 nitrogen and oxygen atoms in total. The molecule has 0 spiro atoms. The number of amides is 1.